The van der Waals surface area contributed by atoms with Gasteiger partial charge < -0.3 is 10.4 Å². The maximum atomic E-state index is 10.9. The van der Waals surface area contributed by atoms with Crippen molar-refractivity contribution in [3.8, 4) is 16.9 Å². The van der Waals surface area contributed by atoms with Gasteiger partial charge >= 0.3 is 0 Å². The molecule has 0 aliphatic carbocycles. The van der Waals surface area contributed by atoms with Crippen molar-refractivity contribution in [2.45, 2.75) is 13.5 Å². The van der Waals surface area contributed by atoms with E-state index in [1.54, 1.807) is 12.1 Å². The molecule has 0 fully saturated rings. The van der Waals surface area contributed by atoms with E-state index in [2.05, 4.69) is 5.32 Å². The van der Waals surface area contributed by atoms with Crippen LogP contribution in [0.5, 0.6) is 5.75 Å². The number of aromatic hydroxyl groups is 1. The Bertz CT molecular complexity index is 564. The number of rotatable bonds is 3. The molecule has 0 aliphatic heterocycles. The van der Waals surface area contributed by atoms with E-state index in [1.165, 1.54) is 6.92 Å². The van der Waals surface area contributed by atoms with Crippen LogP contribution < -0.4 is 5.32 Å². The predicted octanol–water partition coefficient (Wildman–Crippen LogP) is 2.70. The molecule has 0 unspecified atom stereocenters. The van der Waals surface area contributed by atoms with Crippen LogP contribution in [0.25, 0.3) is 11.1 Å². The van der Waals surface area contributed by atoms with Gasteiger partial charge in [-0.3, -0.25) is 4.79 Å². The summed E-state index contributed by atoms with van der Waals surface area (Å²) in [5, 5.41) is 12.2. The summed E-state index contributed by atoms with van der Waals surface area (Å²) in [5.41, 5.74) is 3.01. The highest BCUT2D eigenvalue weighted by atomic mass is 16.3. The van der Waals surface area contributed by atoms with Gasteiger partial charge in [0.05, 0.1) is 0 Å². The number of hydrogen-bond acceptors (Lipinski definition) is 2. The number of amides is 1. The molecule has 0 radical (unpaired) electrons. The first-order valence-corrected chi connectivity index (χ1v) is 5.78. The van der Waals surface area contributed by atoms with E-state index in [-0.39, 0.29) is 11.7 Å². The minimum Gasteiger partial charge on any atom is -0.508 e. The molecule has 0 spiro atoms. The van der Waals surface area contributed by atoms with Crippen LogP contribution in [0.2, 0.25) is 0 Å². The summed E-state index contributed by atoms with van der Waals surface area (Å²) in [4.78, 5) is 10.9. The molecule has 0 aliphatic rings. The van der Waals surface area contributed by atoms with Crippen LogP contribution in [0.1, 0.15) is 12.5 Å². The van der Waals surface area contributed by atoms with Crippen LogP contribution in [0.15, 0.2) is 48.5 Å². The second kappa shape index (κ2) is 5.36. The maximum Gasteiger partial charge on any atom is 0.217 e. The third kappa shape index (κ3) is 3.10. The normalized spacial score (nSPS) is 10.1. The van der Waals surface area contributed by atoms with Gasteiger partial charge in [-0.1, -0.05) is 30.3 Å². The van der Waals surface area contributed by atoms with Gasteiger partial charge in [0, 0.05) is 13.5 Å². The summed E-state index contributed by atoms with van der Waals surface area (Å²) < 4.78 is 0. The number of benzene rings is 2. The van der Waals surface area contributed by atoms with E-state index in [1.807, 2.05) is 36.4 Å². The van der Waals surface area contributed by atoms with Gasteiger partial charge in [-0.15, -0.1) is 0 Å². The summed E-state index contributed by atoms with van der Waals surface area (Å²) >= 11 is 0. The lowest BCUT2D eigenvalue weighted by Crippen LogP contribution is -2.18. The van der Waals surface area contributed by atoms with E-state index in [9.17, 15) is 9.90 Å². The molecule has 3 heteroatoms. The number of hydrogen-bond donors (Lipinski definition) is 2. The lowest BCUT2D eigenvalue weighted by Gasteiger charge is -2.06. The smallest absolute Gasteiger partial charge is 0.217 e. The van der Waals surface area contributed by atoms with Gasteiger partial charge in [0.15, 0.2) is 0 Å². The molecule has 2 aromatic carbocycles. The Morgan fingerprint density at radius 1 is 1.11 bits per heavy atom. The monoisotopic (exact) mass is 241 g/mol. The SMILES string of the molecule is CC(=O)NCc1cccc(-c2cccc(O)c2)c1. The third-order valence-electron chi connectivity index (χ3n) is 2.65. The Labute approximate surface area is 106 Å². The molecule has 0 atom stereocenters. The molecule has 92 valence electrons. The van der Waals surface area contributed by atoms with Crippen LogP contribution in [0.3, 0.4) is 0 Å². The van der Waals surface area contributed by atoms with Crippen molar-refractivity contribution in [3.05, 3.63) is 54.1 Å². The van der Waals surface area contributed by atoms with Crippen molar-refractivity contribution >= 4 is 5.91 Å². The summed E-state index contributed by atoms with van der Waals surface area (Å²) in [7, 11) is 0. The van der Waals surface area contributed by atoms with Crippen molar-refractivity contribution in [2.75, 3.05) is 0 Å². The Morgan fingerprint density at radius 2 is 1.78 bits per heavy atom. The van der Waals surface area contributed by atoms with Gasteiger partial charge in [0.25, 0.3) is 0 Å². The fourth-order valence-corrected chi connectivity index (χ4v) is 1.77. The first-order valence-electron chi connectivity index (χ1n) is 5.78. The van der Waals surface area contributed by atoms with Crippen LogP contribution in [0, 0.1) is 0 Å². The van der Waals surface area contributed by atoms with Crippen molar-refractivity contribution in [2.24, 2.45) is 0 Å². The lowest BCUT2D eigenvalue weighted by molar-refractivity contribution is -0.119. The minimum absolute atomic E-state index is 0.0437. The van der Waals surface area contributed by atoms with Crippen LogP contribution in [-0.2, 0) is 11.3 Å². The molecule has 3 nitrogen and oxygen atoms in total. The zero-order valence-corrected chi connectivity index (χ0v) is 10.2. The van der Waals surface area contributed by atoms with Crippen LogP contribution in [0.4, 0.5) is 0 Å². The van der Waals surface area contributed by atoms with Crippen molar-refractivity contribution in [1.82, 2.24) is 5.32 Å². The molecule has 0 saturated carbocycles. The molecule has 1 amide bonds. The largest absolute Gasteiger partial charge is 0.508 e. The van der Waals surface area contributed by atoms with E-state index in [0.29, 0.717) is 6.54 Å². The molecule has 0 aromatic heterocycles. The maximum absolute atomic E-state index is 10.9. The quantitative estimate of drug-likeness (QED) is 0.868. The first-order chi connectivity index (χ1) is 8.65. The third-order valence-corrected chi connectivity index (χ3v) is 2.65. The lowest BCUT2D eigenvalue weighted by atomic mass is 10.0. The zero-order valence-electron chi connectivity index (χ0n) is 10.2. The summed E-state index contributed by atoms with van der Waals surface area (Å²) in [5.74, 6) is 0.206. The van der Waals surface area contributed by atoms with Crippen LogP contribution >= 0.6 is 0 Å². The van der Waals surface area contributed by atoms with Gasteiger partial charge in [-0.05, 0) is 34.9 Å². The topological polar surface area (TPSA) is 49.3 Å². The summed E-state index contributed by atoms with van der Waals surface area (Å²) in [6, 6.07) is 15.0. The Morgan fingerprint density at radius 3 is 2.44 bits per heavy atom. The number of nitrogens with one attached hydrogen (secondary N) is 1. The van der Waals surface area contributed by atoms with Gasteiger partial charge in [0.2, 0.25) is 5.91 Å². The second-order valence-corrected chi connectivity index (χ2v) is 4.16. The van der Waals surface area contributed by atoms with E-state index in [4.69, 9.17) is 0 Å². The highest BCUT2D eigenvalue weighted by molar-refractivity contribution is 5.73. The van der Waals surface area contributed by atoms with Gasteiger partial charge in [0.1, 0.15) is 5.75 Å². The minimum atomic E-state index is -0.0437. The van der Waals surface area contributed by atoms with Crippen molar-refractivity contribution in [3.63, 3.8) is 0 Å². The molecular weight excluding hydrogens is 226 g/mol. The van der Waals surface area contributed by atoms with Crippen LogP contribution in [-0.4, -0.2) is 11.0 Å². The average molecular weight is 241 g/mol. The predicted molar refractivity (Wildman–Crippen MR) is 71.1 cm³/mol. The second-order valence-electron chi connectivity index (χ2n) is 4.16. The molecule has 0 bridgehead atoms. The molecule has 0 saturated heterocycles. The highest BCUT2D eigenvalue weighted by Gasteiger charge is 2.01. The number of carbonyl (C=O) groups is 1. The molecular formula is C15H15NO2. The van der Waals surface area contributed by atoms with Crippen molar-refractivity contribution < 1.29 is 9.90 Å². The van der Waals surface area contributed by atoms with Gasteiger partial charge in [-0.25, -0.2) is 0 Å². The summed E-state index contributed by atoms with van der Waals surface area (Å²) in [6.45, 7) is 2.01. The van der Waals surface area contributed by atoms with Gasteiger partial charge in [-0.2, -0.15) is 0 Å². The van der Waals surface area contributed by atoms with E-state index in [0.717, 1.165) is 16.7 Å². The fraction of sp³-hybridized carbons (Fsp3) is 0.133. The molecule has 2 rings (SSSR count). The average Bonchev–Trinajstić information content (AvgIpc) is 2.37. The molecule has 2 N–H and O–H groups in total. The number of phenolic OH excluding ortho intramolecular Hbond substituents is 1. The molecule has 2 aromatic rings. The molecule has 0 heterocycles. The fourth-order valence-electron chi connectivity index (χ4n) is 1.77. The Balaban J connectivity index is 2.24. The Kier molecular flexibility index (Phi) is 3.63. The summed E-state index contributed by atoms with van der Waals surface area (Å²) in [6.07, 6.45) is 0. The van der Waals surface area contributed by atoms with E-state index >= 15 is 0 Å². The van der Waals surface area contributed by atoms with E-state index < -0.39 is 0 Å². The van der Waals surface area contributed by atoms with Crippen molar-refractivity contribution in [1.29, 1.82) is 0 Å². The highest BCUT2D eigenvalue weighted by Crippen LogP contribution is 2.23. The zero-order chi connectivity index (χ0) is 13.0. The standard InChI is InChI=1S/C15H15NO2/c1-11(17)16-10-12-4-2-5-13(8-12)14-6-3-7-15(18)9-14/h2-9,18H,10H2,1H3,(H,16,17). The molecule has 18 heavy (non-hydrogen) atoms. The Hall–Kier alpha value is -2.29. The number of carbonyl (C=O) groups excluding carboxylic acids is 1. The number of phenols is 1. The first kappa shape index (κ1) is 12.2.